The lowest BCUT2D eigenvalue weighted by atomic mass is 10.2. The second-order valence-corrected chi connectivity index (χ2v) is 7.08. The molecule has 0 fully saturated rings. The Labute approximate surface area is 162 Å². The van der Waals surface area contributed by atoms with Crippen LogP contribution in [0.5, 0.6) is 0 Å². The molecule has 4 rings (SSSR count). The third-order valence-corrected chi connectivity index (χ3v) is 5.54. The number of aromatic nitrogens is 3. The highest BCUT2D eigenvalue weighted by atomic mass is 35.5. The van der Waals surface area contributed by atoms with Gasteiger partial charge in [0.25, 0.3) is 5.56 Å². The summed E-state index contributed by atoms with van der Waals surface area (Å²) in [5.41, 5.74) is 0.120. The SMILES string of the molecule is O=C(/C=C/c1sc2ccccc2c1Cl)OCn1nnc2ccccc2c1=O. The van der Waals surface area contributed by atoms with Crippen LogP contribution in [0.3, 0.4) is 0 Å². The van der Waals surface area contributed by atoms with Crippen molar-refractivity contribution in [3.63, 3.8) is 0 Å². The number of fused-ring (bicyclic) bond motifs is 2. The van der Waals surface area contributed by atoms with Crippen molar-refractivity contribution >= 4 is 56.0 Å². The van der Waals surface area contributed by atoms with Crippen LogP contribution in [0.1, 0.15) is 4.88 Å². The van der Waals surface area contributed by atoms with E-state index in [-0.39, 0.29) is 12.3 Å². The molecule has 0 saturated heterocycles. The Hall–Kier alpha value is -3.03. The molecule has 2 aromatic heterocycles. The largest absolute Gasteiger partial charge is 0.439 e. The van der Waals surface area contributed by atoms with Crippen molar-refractivity contribution in [1.29, 1.82) is 0 Å². The second-order valence-electron chi connectivity index (χ2n) is 5.61. The van der Waals surface area contributed by atoms with Crippen molar-refractivity contribution in [2.24, 2.45) is 0 Å². The molecule has 0 aliphatic rings. The maximum Gasteiger partial charge on any atom is 0.332 e. The van der Waals surface area contributed by atoms with E-state index in [4.69, 9.17) is 16.3 Å². The second kappa shape index (κ2) is 7.30. The summed E-state index contributed by atoms with van der Waals surface area (Å²) in [4.78, 5) is 25.0. The molecule has 0 N–H and O–H groups in total. The molecule has 8 heteroatoms. The first-order valence-corrected chi connectivity index (χ1v) is 9.17. The van der Waals surface area contributed by atoms with Crippen molar-refractivity contribution in [2.45, 2.75) is 6.73 Å². The highest BCUT2D eigenvalue weighted by Crippen LogP contribution is 2.35. The Morgan fingerprint density at radius 2 is 1.89 bits per heavy atom. The number of hydrogen-bond acceptors (Lipinski definition) is 6. The fraction of sp³-hybridized carbons (Fsp3) is 0.0526. The number of ether oxygens (including phenoxy) is 1. The fourth-order valence-electron chi connectivity index (χ4n) is 2.56. The van der Waals surface area contributed by atoms with Gasteiger partial charge in [0.2, 0.25) is 0 Å². The van der Waals surface area contributed by atoms with Crippen LogP contribution in [0.15, 0.2) is 59.4 Å². The number of thiophene rings is 1. The van der Waals surface area contributed by atoms with Crippen molar-refractivity contribution in [2.75, 3.05) is 0 Å². The van der Waals surface area contributed by atoms with Gasteiger partial charge in [-0.05, 0) is 24.3 Å². The highest BCUT2D eigenvalue weighted by molar-refractivity contribution is 7.20. The van der Waals surface area contributed by atoms with Gasteiger partial charge in [0.15, 0.2) is 6.73 Å². The number of esters is 1. The quantitative estimate of drug-likeness (QED) is 0.386. The normalized spacial score (nSPS) is 11.4. The Bertz CT molecular complexity index is 1250. The summed E-state index contributed by atoms with van der Waals surface area (Å²) in [5, 5.41) is 9.66. The summed E-state index contributed by atoms with van der Waals surface area (Å²) in [5.74, 6) is -0.606. The lowest BCUT2D eigenvalue weighted by Gasteiger charge is -2.04. The van der Waals surface area contributed by atoms with Crippen LogP contribution >= 0.6 is 22.9 Å². The molecule has 2 aromatic carbocycles. The zero-order valence-corrected chi connectivity index (χ0v) is 15.4. The molecular weight excluding hydrogens is 386 g/mol. The first kappa shape index (κ1) is 17.4. The summed E-state index contributed by atoms with van der Waals surface area (Å²) in [6.07, 6.45) is 2.88. The zero-order valence-electron chi connectivity index (χ0n) is 13.8. The minimum absolute atomic E-state index is 0.319. The summed E-state index contributed by atoms with van der Waals surface area (Å²) >= 11 is 7.81. The number of carbonyl (C=O) groups is 1. The highest BCUT2D eigenvalue weighted by Gasteiger charge is 2.09. The predicted molar refractivity (Wildman–Crippen MR) is 106 cm³/mol. The first-order chi connectivity index (χ1) is 13.1. The van der Waals surface area contributed by atoms with Crippen LogP contribution in [0.25, 0.3) is 27.1 Å². The van der Waals surface area contributed by atoms with Gasteiger partial charge in [-0.2, -0.15) is 4.68 Å². The molecule has 0 bridgehead atoms. The van der Waals surface area contributed by atoms with Crippen LogP contribution in [-0.2, 0) is 16.3 Å². The molecular formula is C19H12ClN3O3S. The summed E-state index contributed by atoms with van der Waals surface area (Å²) in [6, 6.07) is 14.6. The minimum Gasteiger partial charge on any atom is -0.439 e. The number of halogens is 1. The van der Waals surface area contributed by atoms with Gasteiger partial charge >= 0.3 is 5.97 Å². The summed E-state index contributed by atoms with van der Waals surface area (Å²) < 4.78 is 7.13. The number of rotatable bonds is 4. The predicted octanol–water partition coefficient (Wildman–Crippen LogP) is 3.87. The Morgan fingerprint density at radius 3 is 2.70 bits per heavy atom. The van der Waals surface area contributed by atoms with E-state index < -0.39 is 5.97 Å². The van der Waals surface area contributed by atoms with E-state index in [9.17, 15) is 9.59 Å². The average Bonchev–Trinajstić information content (AvgIpc) is 3.02. The lowest BCUT2D eigenvalue weighted by molar-refractivity contribution is -0.141. The number of nitrogens with zero attached hydrogens (tertiary/aromatic N) is 3. The van der Waals surface area contributed by atoms with Gasteiger partial charge in [-0.1, -0.05) is 47.1 Å². The monoisotopic (exact) mass is 397 g/mol. The maximum atomic E-state index is 12.3. The smallest absolute Gasteiger partial charge is 0.332 e. The van der Waals surface area contributed by atoms with Crippen LogP contribution in [-0.4, -0.2) is 21.0 Å². The van der Waals surface area contributed by atoms with Crippen LogP contribution in [0.2, 0.25) is 5.02 Å². The van der Waals surface area contributed by atoms with E-state index in [1.165, 1.54) is 17.4 Å². The molecule has 2 heterocycles. The van der Waals surface area contributed by atoms with E-state index in [1.54, 1.807) is 30.3 Å². The van der Waals surface area contributed by atoms with E-state index in [0.29, 0.717) is 15.9 Å². The van der Waals surface area contributed by atoms with E-state index in [2.05, 4.69) is 10.3 Å². The summed E-state index contributed by atoms with van der Waals surface area (Å²) in [7, 11) is 0. The molecule has 0 unspecified atom stereocenters. The van der Waals surface area contributed by atoms with E-state index in [0.717, 1.165) is 19.6 Å². The van der Waals surface area contributed by atoms with Gasteiger partial charge in [-0.25, -0.2) is 4.79 Å². The fourth-order valence-corrected chi connectivity index (χ4v) is 3.96. The number of hydrogen-bond donors (Lipinski definition) is 0. The maximum absolute atomic E-state index is 12.3. The lowest BCUT2D eigenvalue weighted by Crippen LogP contribution is -2.26. The Balaban J connectivity index is 1.48. The molecule has 27 heavy (non-hydrogen) atoms. The first-order valence-electron chi connectivity index (χ1n) is 7.98. The molecule has 0 aliphatic carbocycles. The molecule has 0 radical (unpaired) electrons. The van der Waals surface area contributed by atoms with E-state index in [1.807, 2.05) is 24.3 Å². The Kier molecular flexibility index (Phi) is 4.70. The molecule has 0 atom stereocenters. The average molecular weight is 398 g/mol. The number of carbonyl (C=O) groups excluding carboxylic acids is 1. The van der Waals surface area contributed by atoms with Crippen molar-refractivity contribution in [3.05, 3.63) is 74.9 Å². The van der Waals surface area contributed by atoms with Gasteiger partial charge in [0, 0.05) is 21.0 Å². The molecule has 4 aromatic rings. The van der Waals surface area contributed by atoms with Gasteiger partial charge in [0.05, 0.1) is 10.4 Å². The minimum atomic E-state index is -0.606. The molecule has 6 nitrogen and oxygen atoms in total. The Morgan fingerprint density at radius 1 is 1.15 bits per heavy atom. The zero-order chi connectivity index (χ0) is 18.8. The third kappa shape index (κ3) is 3.47. The molecule has 134 valence electrons. The van der Waals surface area contributed by atoms with Crippen molar-refractivity contribution in [1.82, 2.24) is 15.0 Å². The van der Waals surface area contributed by atoms with Crippen molar-refractivity contribution in [3.8, 4) is 0 Å². The van der Waals surface area contributed by atoms with Gasteiger partial charge in [-0.3, -0.25) is 4.79 Å². The molecule has 0 saturated carbocycles. The van der Waals surface area contributed by atoms with Crippen LogP contribution in [0, 0.1) is 0 Å². The molecule has 0 aliphatic heterocycles. The van der Waals surface area contributed by atoms with Gasteiger partial charge in [-0.15, -0.1) is 16.4 Å². The summed E-state index contributed by atoms with van der Waals surface area (Å²) in [6.45, 7) is -0.319. The standard InChI is InChI=1S/C19H12ClN3O3S/c20-18-13-6-2-4-8-15(13)27-16(18)9-10-17(24)26-11-23-19(25)12-5-1-3-7-14(12)21-22-23/h1-10H,11H2/b10-9+. The number of benzene rings is 2. The molecule has 0 spiro atoms. The topological polar surface area (TPSA) is 74.1 Å². The van der Waals surface area contributed by atoms with E-state index >= 15 is 0 Å². The van der Waals surface area contributed by atoms with Gasteiger partial charge in [0.1, 0.15) is 5.52 Å². The van der Waals surface area contributed by atoms with Gasteiger partial charge < -0.3 is 4.74 Å². The van der Waals surface area contributed by atoms with Crippen LogP contribution in [0.4, 0.5) is 0 Å². The molecule has 0 amide bonds. The van der Waals surface area contributed by atoms with Crippen LogP contribution < -0.4 is 5.56 Å². The van der Waals surface area contributed by atoms with Crippen molar-refractivity contribution < 1.29 is 9.53 Å². The third-order valence-electron chi connectivity index (χ3n) is 3.89.